The van der Waals surface area contributed by atoms with E-state index in [0.717, 1.165) is 0 Å². The Morgan fingerprint density at radius 3 is 2.53 bits per heavy atom. The quantitative estimate of drug-likeness (QED) is 0.906. The Morgan fingerprint density at radius 2 is 1.84 bits per heavy atom. The summed E-state index contributed by atoms with van der Waals surface area (Å²) in [6, 6.07) is 12.4. The van der Waals surface area contributed by atoms with Gasteiger partial charge in [0.05, 0.1) is 10.7 Å². The lowest BCUT2D eigenvalue weighted by Gasteiger charge is -2.13. The van der Waals surface area contributed by atoms with E-state index >= 15 is 0 Å². The summed E-state index contributed by atoms with van der Waals surface area (Å²) < 4.78 is 13.6. The molecule has 0 aliphatic rings. The number of hydrogen-bond donors (Lipinski definition) is 2. The molecule has 3 N–H and O–H groups in total. The van der Waals surface area contributed by atoms with E-state index < -0.39 is 17.8 Å². The van der Waals surface area contributed by atoms with Gasteiger partial charge in [-0.05, 0) is 17.7 Å². The highest BCUT2D eigenvalue weighted by Gasteiger charge is 2.17. The molecule has 0 radical (unpaired) electrons. The zero-order chi connectivity index (χ0) is 13.8. The van der Waals surface area contributed by atoms with Crippen molar-refractivity contribution in [2.75, 3.05) is 5.32 Å². The maximum absolute atomic E-state index is 13.6. The fraction of sp³-hybridized carbons (Fsp3) is 0.0714. The molecule has 2 rings (SSSR count). The monoisotopic (exact) mass is 278 g/mol. The van der Waals surface area contributed by atoms with Gasteiger partial charge in [-0.2, -0.15) is 0 Å². The van der Waals surface area contributed by atoms with Gasteiger partial charge in [0.15, 0.2) is 5.82 Å². The van der Waals surface area contributed by atoms with Gasteiger partial charge in [0.25, 0.3) is 0 Å². The second-order valence-corrected chi connectivity index (χ2v) is 4.39. The van der Waals surface area contributed by atoms with Crippen LogP contribution in [0.3, 0.4) is 0 Å². The molecule has 19 heavy (non-hydrogen) atoms. The fourth-order valence-electron chi connectivity index (χ4n) is 1.62. The van der Waals surface area contributed by atoms with E-state index in [2.05, 4.69) is 5.32 Å². The van der Waals surface area contributed by atoms with Crippen molar-refractivity contribution in [3.63, 3.8) is 0 Å². The Hall–Kier alpha value is -1.91. The van der Waals surface area contributed by atoms with Crippen molar-refractivity contribution in [1.82, 2.24) is 0 Å². The second-order valence-electron chi connectivity index (χ2n) is 3.98. The number of hydrogen-bond acceptors (Lipinski definition) is 2. The summed E-state index contributed by atoms with van der Waals surface area (Å²) in [6.07, 6.45) is 0. The molecule has 0 spiro atoms. The highest BCUT2D eigenvalue weighted by atomic mass is 35.5. The number of anilines is 1. The molecule has 0 unspecified atom stereocenters. The van der Waals surface area contributed by atoms with Gasteiger partial charge in [-0.15, -0.1) is 0 Å². The van der Waals surface area contributed by atoms with Crippen LogP contribution in [0.4, 0.5) is 10.1 Å². The average molecular weight is 279 g/mol. The molecule has 0 fully saturated rings. The smallest absolute Gasteiger partial charge is 0.245 e. The molecule has 2 aromatic carbocycles. The molecule has 5 heteroatoms. The summed E-state index contributed by atoms with van der Waals surface area (Å²) >= 11 is 5.64. The Morgan fingerprint density at radius 1 is 1.16 bits per heavy atom. The lowest BCUT2D eigenvalue weighted by atomic mass is 10.1. The standard InChI is InChI=1S/C14H12ClFN2O/c15-10-7-4-8-11(12(10)16)18-14(19)13(17)9-5-2-1-3-6-9/h1-8,13H,17H2,(H,18,19)/t13-/m0/s1. The van der Waals surface area contributed by atoms with Gasteiger partial charge in [0, 0.05) is 0 Å². The zero-order valence-corrected chi connectivity index (χ0v) is 10.7. The molecule has 0 aliphatic carbocycles. The number of nitrogens with one attached hydrogen (secondary N) is 1. The summed E-state index contributed by atoms with van der Waals surface area (Å²) in [4.78, 5) is 11.9. The minimum Gasteiger partial charge on any atom is -0.322 e. The van der Waals surface area contributed by atoms with Gasteiger partial charge in [-0.25, -0.2) is 4.39 Å². The van der Waals surface area contributed by atoms with E-state index in [9.17, 15) is 9.18 Å². The van der Waals surface area contributed by atoms with Crippen LogP contribution in [-0.2, 0) is 4.79 Å². The zero-order valence-electron chi connectivity index (χ0n) is 9.94. The number of benzene rings is 2. The van der Waals surface area contributed by atoms with Crippen molar-refractivity contribution < 1.29 is 9.18 Å². The molecule has 2 aromatic rings. The predicted molar refractivity (Wildman–Crippen MR) is 73.4 cm³/mol. The van der Waals surface area contributed by atoms with Crippen molar-refractivity contribution in [1.29, 1.82) is 0 Å². The van der Waals surface area contributed by atoms with Crippen molar-refractivity contribution >= 4 is 23.2 Å². The molecular formula is C14H12ClFN2O. The first-order valence-corrected chi connectivity index (χ1v) is 6.03. The summed E-state index contributed by atoms with van der Waals surface area (Å²) in [7, 11) is 0. The molecule has 1 atom stereocenters. The first kappa shape index (κ1) is 13.5. The fourth-order valence-corrected chi connectivity index (χ4v) is 1.80. The molecule has 0 saturated carbocycles. The van der Waals surface area contributed by atoms with Gasteiger partial charge < -0.3 is 11.1 Å². The molecule has 1 amide bonds. The molecule has 0 heterocycles. The van der Waals surface area contributed by atoms with Crippen LogP contribution in [0.25, 0.3) is 0 Å². The maximum Gasteiger partial charge on any atom is 0.245 e. The van der Waals surface area contributed by atoms with Gasteiger partial charge in [0.2, 0.25) is 5.91 Å². The van der Waals surface area contributed by atoms with Crippen molar-refractivity contribution in [2.24, 2.45) is 5.73 Å². The van der Waals surface area contributed by atoms with Crippen LogP contribution in [0.15, 0.2) is 48.5 Å². The highest BCUT2D eigenvalue weighted by Crippen LogP contribution is 2.23. The minimum atomic E-state index is -0.861. The summed E-state index contributed by atoms with van der Waals surface area (Å²) in [5, 5.41) is 2.38. The van der Waals surface area contributed by atoms with Crippen LogP contribution in [0.5, 0.6) is 0 Å². The summed E-state index contributed by atoms with van der Waals surface area (Å²) in [5.41, 5.74) is 6.48. The maximum atomic E-state index is 13.6. The molecule has 0 aliphatic heterocycles. The van der Waals surface area contributed by atoms with Crippen LogP contribution >= 0.6 is 11.6 Å². The van der Waals surface area contributed by atoms with Crippen LogP contribution in [-0.4, -0.2) is 5.91 Å². The molecule has 0 aromatic heterocycles. The van der Waals surface area contributed by atoms with Crippen LogP contribution < -0.4 is 11.1 Å². The Bertz CT molecular complexity index is 589. The van der Waals surface area contributed by atoms with E-state index in [1.165, 1.54) is 12.1 Å². The number of carbonyl (C=O) groups is 1. The number of carbonyl (C=O) groups excluding carboxylic acids is 1. The molecule has 98 valence electrons. The molecule has 3 nitrogen and oxygen atoms in total. The lowest BCUT2D eigenvalue weighted by Crippen LogP contribution is -2.28. The molecule has 0 saturated heterocycles. The van der Waals surface area contributed by atoms with Gasteiger partial charge >= 0.3 is 0 Å². The van der Waals surface area contributed by atoms with Crippen LogP contribution in [0.2, 0.25) is 5.02 Å². The van der Waals surface area contributed by atoms with Gasteiger partial charge in [-0.3, -0.25) is 4.79 Å². The van der Waals surface area contributed by atoms with Crippen molar-refractivity contribution in [3.05, 3.63) is 64.9 Å². The van der Waals surface area contributed by atoms with Crippen molar-refractivity contribution in [3.8, 4) is 0 Å². The van der Waals surface area contributed by atoms with Crippen LogP contribution in [0, 0.1) is 5.82 Å². The Balaban J connectivity index is 2.15. The van der Waals surface area contributed by atoms with E-state index in [-0.39, 0.29) is 10.7 Å². The highest BCUT2D eigenvalue weighted by molar-refractivity contribution is 6.31. The summed E-state index contributed by atoms with van der Waals surface area (Å²) in [5.74, 6) is -1.16. The van der Waals surface area contributed by atoms with Crippen molar-refractivity contribution in [2.45, 2.75) is 6.04 Å². The van der Waals surface area contributed by atoms with E-state index in [1.54, 1.807) is 30.3 Å². The Kier molecular flexibility index (Phi) is 4.14. The molecular weight excluding hydrogens is 267 g/mol. The third-order valence-corrected chi connectivity index (χ3v) is 2.94. The third kappa shape index (κ3) is 3.10. The summed E-state index contributed by atoms with van der Waals surface area (Å²) in [6.45, 7) is 0. The predicted octanol–water partition coefficient (Wildman–Crippen LogP) is 3.12. The first-order chi connectivity index (χ1) is 9.09. The van der Waals surface area contributed by atoms with Crippen LogP contribution in [0.1, 0.15) is 11.6 Å². The van der Waals surface area contributed by atoms with Gasteiger partial charge in [0.1, 0.15) is 6.04 Å². The first-order valence-electron chi connectivity index (χ1n) is 5.65. The minimum absolute atomic E-state index is 0.0175. The van der Waals surface area contributed by atoms with E-state index in [0.29, 0.717) is 5.56 Å². The number of nitrogens with two attached hydrogens (primary N) is 1. The topological polar surface area (TPSA) is 55.1 Å². The third-order valence-electron chi connectivity index (χ3n) is 2.65. The van der Waals surface area contributed by atoms with Gasteiger partial charge in [-0.1, -0.05) is 48.0 Å². The Labute approximate surface area is 115 Å². The SMILES string of the molecule is N[C@H](C(=O)Nc1cccc(Cl)c1F)c1ccccc1. The van der Waals surface area contributed by atoms with E-state index in [4.69, 9.17) is 17.3 Å². The number of rotatable bonds is 3. The number of halogens is 2. The largest absolute Gasteiger partial charge is 0.322 e. The normalized spacial score (nSPS) is 11.9. The molecule has 0 bridgehead atoms. The average Bonchev–Trinajstić information content (AvgIpc) is 2.44. The van der Waals surface area contributed by atoms with E-state index in [1.807, 2.05) is 6.07 Å². The lowest BCUT2D eigenvalue weighted by molar-refractivity contribution is -0.117. The second kappa shape index (κ2) is 5.82. The number of amides is 1.